The summed E-state index contributed by atoms with van der Waals surface area (Å²) in [6.07, 6.45) is 1.18. The third-order valence-corrected chi connectivity index (χ3v) is 9.21. The van der Waals surface area contributed by atoms with E-state index in [1.165, 1.54) is 12.1 Å². The second-order valence-electron chi connectivity index (χ2n) is 10.5. The Morgan fingerprint density at radius 3 is 2.32 bits per heavy atom. The number of benzene rings is 3. The predicted octanol–water partition coefficient (Wildman–Crippen LogP) is 4.47. The topological polar surface area (TPSA) is 104 Å². The minimum atomic E-state index is -3.96. The highest BCUT2D eigenvalue weighted by molar-refractivity contribution is 7.90. The third kappa shape index (κ3) is 7.03. The van der Waals surface area contributed by atoms with E-state index in [0.29, 0.717) is 6.42 Å². The fraction of sp³-hybridized carbons (Fsp3) is 0.344. The number of rotatable bonds is 12. The van der Waals surface area contributed by atoms with Gasteiger partial charge in [-0.3, -0.25) is 14.4 Å². The van der Waals surface area contributed by atoms with Gasteiger partial charge >= 0.3 is 0 Å². The van der Waals surface area contributed by atoms with Crippen LogP contribution in [0.4, 0.5) is 0 Å². The van der Waals surface area contributed by atoms with Crippen LogP contribution in [0.25, 0.3) is 0 Å². The molecule has 1 aliphatic rings. The van der Waals surface area contributed by atoms with Gasteiger partial charge in [0.25, 0.3) is 15.9 Å². The van der Waals surface area contributed by atoms with Crippen molar-refractivity contribution >= 4 is 27.7 Å². The summed E-state index contributed by atoms with van der Waals surface area (Å²) in [7, 11) is -3.96. The summed E-state index contributed by atoms with van der Waals surface area (Å²) in [5.74, 6) is -1.11. The SMILES string of the molecule is CC[C@H](C)NC(=O)[C@H](Cc1ccccc1)N(Cc1cccc(C)c1)C(=O)CCCN1C(=O)c2ccccc2S1(=O)=O. The number of nitrogens with one attached hydrogen (secondary N) is 1. The summed E-state index contributed by atoms with van der Waals surface area (Å²) in [6.45, 7) is 5.98. The highest BCUT2D eigenvalue weighted by atomic mass is 32.2. The molecule has 41 heavy (non-hydrogen) atoms. The normalized spacial score (nSPS) is 15.2. The molecule has 2 atom stereocenters. The molecule has 9 heteroatoms. The summed E-state index contributed by atoms with van der Waals surface area (Å²) in [6, 6.07) is 22.6. The van der Waals surface area contributed by atoms with Gasteiger partial charge in [0, 0.05) is 32.0 Å². The number of hydrogen-bond acceptors (Lipinski definition) is 5. The Bertz CT molecular complexity index is 1510. The molecule has 3 aromatic rings. The minimum Gasteiger partial charge on any atom is -0.352 e. The average Bonchev–Trinajstić information content (AvgIpc) is 3.15. The molecule has 0 spiro atoms. The smallest absolute Gasteiger partial charge is 0.269 e. The van der Waals surface area contributed by atoms with Gasteiger partial charge in [-0.15, -0.1) is 0 Å². The van der Waals surface area contributed by atoms with Crippen LogP contribution in [0.3, 0.4) is 0 Å². The molecule has 0 aliphatic carbocycles. The van der Waals surface area contributed by atoms with Crippen LogP contribution >= 0.6 is 0 Å². The molecule has 1 aliphatic heterocycles. The second-order valence-corrected chi connectivity index (χ2v) is 12.3. The lowest BCUT2D eigenvalue weighted by Crippen LogP contribution is -2.52. The van der Waals surface area contributed by atoms with Crippen molar-refractivity contribution in [1.82, 2.24) is 14.5 Å². The van der Waals surface area contributed by atoms with Gasteiger partial charge in [-0.1, -0.05) is 79.2 Å². The highest BCUT2D eigenvalue weighted by Gasteiger charge is 2.40. The molecule has 0 aromatic heterocycles. The molecule has 1 N–H and O–H groups in total. The van der Waals surface area contributed by atoms with Crippen LogP contribution in [0.5, 0.6) is 0 Å². The number of sulfonamides is 1. The third-order valence-electron chi connectivity index (χ3n) is 7.37. The molecule has 0 saturated carbocycles. The molecule has 4 rings (SSSR count). The van der Waals surface area contributed by atoms with E-state index in [-0.39, 0.29) is 54.2 Å². The largest absolute Gasteiger partial charge is 0.352 e. The number of fused-ring (bicyclic) bond motifs is 1. The van der Waals surface area contributed by atoms with Crippen molar-refractivity contribution in [2.45, 2.75) is 70.0 Å². The van der Waals surface area contributed by atoms with Crippen molar-refractivity contribution in [1.29, 1.82) is 0 Å². The summed E-state index contributed by atoms with van der Waals surface area (Å²) < 4.78 is 26.8. The molecule has 3 aromatic carbocycles. The highest BCUT2D eigenvalue weighted by Crippen LogP contribution is 2.30. The lowest BCUT2D eigenvalue weighted by molar-refractivity contribution is -0.141. The van der Waals surface area contributed by atoms with Gasteiger partial charge in [-0.05, 0) is 49.9 Å². The summed E-state index contributed by atoms with van der Waals surface area (Å²) >= 11 is 0. The second kappa shape index (κ2) is 13.1. The van der Waals surface area contributed by atoms with Gasteiger partial charge in [0.05, 0.1) is 5.56 Å². The maximum absolute atomic E-state index is 13.9. The first-order valence-corrected chi connectivity index (χ1v) is 15.4. The number of hydrogen-bond donors (Lipinski definition) is 1. The molecule has 0 radical (unpaired) electrons. The maximum Gasteiger partial charge on any atom is 0.269 e. The lowest BCUT2D eigenvalue weighted by Gasteiger charge is -2.32. The van der Waals surface area contributed by atoms with Crippen LogP contribution in [0.1, 0.15) is 60.2 Å². The van der Waals surface area contributed by atoms with Crippen LogP contribution in [-0.2, 0) is 32.6 Å². The van der Waals surface area contributed by atoms with Crippen molar-refractivity contribution in [2.24, 2.45) is 0 Å². The van der Waals surface area contributed by atoms with Gasteiger partial charge in [0.2, 0.25) is 11.8 Å². The number of carbonyl (C=O) groups is 3. The average molecular weight is 576 g/mol. The Morgan fingerprint density at radius 1 is 0.951 bits per heavy atom. The quantitative estimate of drug-likeness (QED) is 0.343. The minimum absolute atomic E-state index is 0.0120. The van der Waals surface area contributed by atoms with Gasteiger partial charge in [-0.25, -0.2) is 12.7 Å². The van der Waals surface area contributed by atoms with Crippen LogP contribution < -0.4 is 5.32 Å². The van der Waals surface area contributed by atoms with E-state index in [4.69, 9.17) is 0 Å². The summed E-state index contributed by atoms with van der Waals surface area (Å²) in [5.41, 5.74) is 2.99. The van der Waals surface area contributed by atoms with Crippen LogP contribution in [0.15, 0.2) is 83.8 Å². The fourth-order valence-corrected chi connectivity index (χ4v) is 6.58. The number of carbonyl (C=O) groups excluding carboxylic acids is 3. The number of amides is 3. The zero-order valence-corrected chi connectivity index (χ0v) is 24.6. The van der Waals surface area contributed by atoms with Crippen molar-refractivity contribution < 1.29 is 22.8 Å². The van der Waals surface area contributed by atoms with E-state index < -0.39 is 22.0 Å². The first-order valence-electron chi connectivity index (χ1n) is 14.0. The molecule has 3 amide bonds. The first kappa shape index (κ1) is 30.0. The van der Waals surface area contributed by atoms with E-state index in [1.807, 2.05) is 75.4 Å². The van der Waals surface area contributed by atoms with Crippen molar-refractivity contribution in [3.05, 3.63) is 101 Å². The van der Waals surface area contributed by atoms with Gasteiger partial charge < -0.3 is 10.2 Å². The van der Waals surface area contributed by atoms with Gasteiger partial charge in [-0.2, -0.15) is 0 Å². The van der Waals surface area contributed by atoms with Crippen molar-refractivity contribution in [2.75, 3.05) is 6.54 Å². The van der Waals surface area contributed by atoms with E-state index >= 15 is 0 Å². The number of aryl methyl sites for hydroxylation is 1. The van der Waals surface area contributed by atoms with Gasteiger partial charge in [0.15, 0.2) is 0 Å². The van der Waals surface area contributed by atoms with E-state index in [9.17, 15) is 22.8 Å². The predicted molar refractivity (Wildman–Crippen MR) is 157 cm³/mol. The van der Waals surface area contributed by atoms with Crippen LogP contribution in [-0.4, -0.2) is 54.0 Å². The Labute approximate surface area is 242 Å². The first-order chi connectivity index (χ1) is 19.6. The van der Waals surface area contributed by atoms with E-state index in [1.54, 1.807) is 17.0 Å². The maximum atomic E-state index is 13.9. The molecule has 0 unspecified atom stereocenters. The number of nitrogens with zero attached hydrogens (tertiary/aromatic N) is 2. The molecular formula is C32H37N3O5S. The molecule has 0 bridgehead atoms. The van der Waals surface area contributed by atoms with Crippen molar-refractivity contribution in [3.8, 4) is 0 Å². The molecule has 0 fully saturated rings. The fourth-order valence-electron chi connectivity index (χ4n) is 4.97. The molecule has 8 nitrogen and oxygen atoms in total. The van der Waals surface area contributed by atoms with Crippen LogP contribution in [0.2, 0.25) is 0 Å². The summed E-state index contributed by atoms with van der Waals surface area (Å²) in [5, 5.41) is 3.04. The molecule has 0 saturated heterocycles. The lowest BCUT2D eigenvalue weighted by atomic mass is 10.0. The Balaban J connectivity index is 1.57. The molecular weight excluding hydrogens is 538 g/mol. The molecule has 216 valence electrons. The van der Waals surface area contributed by atoms with E-state index in [0.717, 1.165) is 27.4 Å². The zero-order valence-electron chi connectivity index (χ0n) is 23.7. The van der Waals surface area contributed by atoms with Crippen molar-refractivity contribution in [3.63, 3.8) is 0 Å². The molecule has 1 heterocycles. The Hall–Kier alpha value is -3.98. The standard InChI is InChI=1S/C32H37N3O5S/c1-4-24(3)33-31(37)28(21-25-13-6-5-7-14-25)34(22-26-15-10-12-23(2)20-26)30(36)18-11-19-35-32(38)27-16-8-9-17-29(27)41(35,39)40/h5-10,12-17,20,24,28H,4,11,18-19,21-22H2,1-3H3,(H,33,37)/t24-,28-/m0/s1. The van der Waals surface area contributed by atoms with E-state index in [2.05, 4.69) is 5.32 Å². The Morgan fingerprint density at radius 2 is 1.63 bits per heavy atom. The zero-order chi connectivity index (χ0) is 29.6. The monoisotopic (exact) mass is 575 g/mol. The van der Waals surface area contributed by atoms with Gasteiger partial charge in [0.1, 0.15) is 10.9 Å². The summed E-state index contributed by atoms with van der Waals surface area (Å²) in [4.78, 5) is 41.9. The van der Waals surface area contributed by atoms with Crippen LogP contribution in [0, 0.1) is 6.92 Å². The Kier molecular flexibility index (Phi) is 9.60.